The zero-order valence-corrected chi connectivity index (χ0v) is 17.9. The Morgan fingerprint density at radius 3 is 1.90 bits per heavy atom. The number of amides is 1. The number of ether oxygens (including phenoxy) is 2. The van der Waals surface area contributed by atoms with Crippen LogP contribution < -0.4 is 20.1 Å². The topological polar surface area (TPSA) is 59.6 Å². The van der Waals surface area contributed by atoms with Gasteiger partial charge in [0.2, 0.25) is 5.91 Å². The van der Waals surface area contributed by atoms with Gasteiger partial charge in [0.05, 0.1) is 31.0 Å². The Labute approximate surface area is 182 Å². The second kappa shape index (κ2) is 10.0. The zero-order chi connectivity index (χ0) is 21.5. The largest absolute Gasteiger partial charge is 0.495 e. The van der Waals surface area contributed by atoms with Gasteiger partial charge in [-0.15, -0.1) is 0 Å². The molecule has 3 aromatic carbocycles. The van der Waals surface area contributed by atoms with Gasteiger partial charge in [0.25, 0.3) is 0 Å². The van der Waals surface area contributed by atoms with Crippen LogP contribution in [0.2, 0.25) is 5.02 Å². The van der Waals surface area contributed by atoms with Crippen molar-refractivity contribution in [3.05, 3.63) is 88.9 Å². The molecule has 0 saturated carbocycles. The van der Waals surface area contributed by atoms with Crippen molar-refractivity contribution in [2.24, 2.45) is 0 Å². The molecule has 3 aromatic rings. The van der Waals surface area contributed by atoms with E-state index in [0.29, 0.717) is 22.2 Å². The van der Waals surface area contributed by atoms with Gasteiger partial charge in [-0.2, -0.15) is 0 Å². The summed E-state index contributed by atoms with van der Waals surface area (Å²) >= 11 is 6.24. The summed E-state index contributed by atoms with van der Waals surface area (Å²) in [5.41, 5.74) is 2.63. The molecule has 0 aromatic heterocycles. The summed E-state index contributed by atoms with van der Waals surface area (Å²) in [4.78, 5) is 13.0. The van der Waals surface area contributed by atoms with Crippen molar-refractivity contribution in [1.29, 1.82) is 0 Å². The highest BCUT2D eigenvalue weighted by molar-refractivity contribution is 6.32. The number of halogens is 1. The molecule has 0 aliphatic rings. The van der Waals surface area contributed by atoms with Gasteiger partial charge in [0, 0.05) is 6.07 Å². The first-order valence-corrected chi connectivity index (χ1v) is 9.99. The number of benzene rings is 3. The molecule has 1 amide bonds. The van der Waals surface area contributed by atoms with Crippen molar-refractivity contribution in [2.45, 2.75) is 19.0 Å². The number of anilines is 1. The Morgan fingerprint density at radius 1 is 0.867 bits per heavy atom. The Hall–Kier alpha value is -3.18. The zero-order valence-electron chi connectivity index (χ0n) is 17.2. The maximum atomic E-state index is 13.0. The highest BCUT2D eigenvalue weighted by Crippen LogP contribution is 2.36. The van der Waals surface area contributed by atoms with Crippen LogP contribution in [-0.2, 0) is 4.79 Å². The molecule has 0 radical (unpaired) electrons. The van der Waals surface area contributed by atoms with Crippen LogP contribution >= 0.6 is 11.6 Å². The summed E-state index contributed by atoms with van der Waals surface area (Å²) in [6.07, 6.45) is 0. The lowest BCUT2D eigenvalue weighted by Crippen LogP contribution is -2.40. The van der Waals surface area contributed by atoms with Gasteiger partial charge in [-0.25, -0.2) is 0 Å². The number of rotatable bonds is 8. The molecule has 0 saturated heterocycles. The van der Waals surface area contributed by atoms with Crippen LogP contribution in [0.25, 0.3) is 0 Å². The van der Waals surface area contributed by atoms with Gasteiger partial charge in [-0.05, 0) is 24.1 Å². The van der Waals surface area contributed by atoms with E-state index in [2.05, 4.69) is 10.6 Å². The van der Waals surface area contributed by atoms with E-state index >= 15 is 0 Å². The summed E-state index contributed by atoms with van der Waals surface area (Å²) < 4.78 is 10.6. The predicted molar refractivity (Wildman–Crippen MR) is 121 cm³/mol. The van der Waals surface area contributed by atoms with Crippen molar-refractivity contribution >= 4 is 23.2 Å². The molecule has 0 unspecified atom stereocenters. The summed E-state index contributed by atoms with van der Waals surface area (Å²) in [6.45, 7) is 1.79. The molecule has 3 rings (SSSR count). The van der Waals surface area contributed by atoms with Crippen LogP contribution in [0.3, 0.4) is 0 Å². The van der Waals surface area contributed by atoms with E-state index in [1.165, 1.54) is 7.11 Å². The monoisotopic (exact) mass is 424 g/mol. The number of nitrogens with one attached hydrogen (secondary N) is 2. The SMILES string of the molecule is COc1cc(OC)c(N[C@H](C)C(=O)NC(c2ccccc2)c2ccccc2)cc1Cl. The average molecular weight is 425 g/mol. The molecule has 156 valence electrons. The number of hydrogen-bond donors (Lipinski definition) is 2. The Bertz CT molecular complexity index is 941. The average Bonchev–Trinajstić information content (AvgIpc) is 2.78. The van der Waals surface area contributed by atoms with Crippen LogP contribution in [-0.4, -0.2) is 26.2 Å². The van der Waals surface area contributed by atoms with Gasteiger partial charge in [0.1, 0.15) is 17.5 Å². The van der Waals surface area contributed by atoms with E-state index in [1.807, 2.05) is 60.7 Å². The third-order valence-electron chi connectivity index (χ3n) is 4.79. The lowest BCUT2D eigenvalue weighted by molar-refractivity contribution is -0.122. The number of hydrogen-bond acceptors (Lipinski definition) is 4. The van der Waals surface area contributed by atoms with Crippen LogP contribution in [0.4, 0.5) is 5.69 Å². The van der Waals surface area contributed by atoms with Gasteiger partial charge >= 0.3 is 0 Å². The lowest BCUT2D eigenvalue weighted by atomic mass is 9.98. The summed E-state index contributed by atoms with van der Waals surface area (Å²) in [7, 11) is 3.09. The van der Waals surface area contributed by atoms with Gasteiger partial charge in [-0.3, -0.25) is 4.79 Å². The van der Waals surface area contributed by atoms with Gasteiger partial charge in [-0.1, -0.05) is 72.3 Å². The third-order valence-corrected chi connectivity index (χ3v) is 5.09. The normalized spacial score (nSPS) is 11.6. The summed E-state index contributed by atoms with van der Waals surface area (Å²) in [5, 5.41) is 6.76. The molecule has 0 fully saturated rings. The molecule has 1 atom stereocenters. The third kappa shape index (κ3) is 5.05. The molecule has 0 spiro atoms. The molecule has 6 heteroatoms. The highest BCUT2D eigenvalue weighted by Gasteiger charge is 2.22. The van der Waals surface area contributed by atoms with E-state index < -0.39 is 6.04 Å². The second-order valence-electron chi connectivity index (χ2n) is 6.82. The maximum absolute atomic E-state index is 13.0. The van der Waals surface area contributed by atoms with Gasteiger partial charge in [0.15, 0.2) is 0 Å². The quantitative estimate of drug-likeness (QED) is 0.530. The Kier molecular flexibility index (Phi) is 7.20. The number of carbonyl (C=O) groups excluding carboxylic acids is 1. The minimum atomic E-state index is -0.529. The van der Waals surface area contributed by atoms with Gasteiger partial charge < -0.3 is 20.1 Å². The first-order valence-electron chi connectivity index (χ1n) is 9.61. The van der Waals surface area contributed by atoms with Crippen LogP contribution in [0.1, 0.15) is 24.1 Å². The molecular formula is C24H25ClN2O3. The number of methoxy groups -OCH3 is 2. The van der Waals surface area contributed by atoms with Crippen LogP contribution in [0, 0.1) is 0 Å². The summed E-state index contributed by atoms with van der Waals surface area (Å²) in [6, 6.07) is 22.4. The molecule has 5 nitrogen and oxygen atoms in total. The van der Waals surface area contributed by atoms with Crippen LogP contribution in [0.15, 0.2) is 72.8 Å². The van der Waals surface area contributed by atoms with E-state index in [9.17, 15) is 4.79 Å². The molecule has 0 bridgehead atoms. The first kappa shape index (κ1) is 21.5. The molecule has 0 aliphatic heterocycles. The molecule has 0 heterocycles. The predicted octanol–water partition coefficient (Wildman–Crippen LogP) is 5.06. The van der Waals surface area contributed by atoms with E-state index in [-0.39, 0.29) is 11.9 Å². The number of carbonyl (C=O) groups is 1. The van der Waals surface area contributed by atoms with Crippen molar-refractivity contribution in [3.63, 3.8) is 0 Å². The maximum Gasteiger partial charge on any atom is 0.242 e. The van der Waals surface area contributed by atoms with E-state index in [1.54, 1.807) is 26.2 Å². The van der Waals surface area contributed by atoms with Crippen molar-refractivity contribution in [2.75, 3.05) is 19.5 Å². The molecule has 0 aliphatic carbocycles. The second-order valence-corrected chi connectivity index (χ2v) is 7.22. The van der Waals surface area contributed by atoms with Crippen LogP contribution in [0.5, 0.6) is 11.5 Å². The minimum absolute atomic E-state index is 0.151. The fourth-order valence-corrected chi connectivity index (χ4v) is 3.43. The smallest absolute Gasteiger partial charge is 0.242 e. The minimum Gasteiger partial charge on any atom is -0.495 e. The van der Waals surface area contributed by atoms with Crippen molar-refractivity contribution < 1.29 is 14.3 Å². The van der Waals surface area contributed by atoms with Crippen molar-refractivity contribution in [1.82, 2.24) is 5.32 Å². The lowest BCUT2D eigenvalue weighted by Gasteiger charge is -2.24. The fraction of sp³-hybridized carbons (Fsp3) is 0.208. The molecule has 2 N–H and O–H groups in total. The Balaban J connectivity index is 1.80. The van der Waals surface area contributed by atoms with E-state index in [0.717, 1.165) is 11.1 Å². The van der Waals surface area contributed by atoms with Crippen molar-refractivity contribution in [3.8, 4) is 11.5 Å². The Morgan fingerprint density at radius 2 is 1.40 bits per heavy atom. The highest BCUT2D eigenvalue weighted by atomic mass is 35.5. The summed E-state index contributed by atoms with van der Waals surface area (Å²) in [5.74, 6) is 0.893. The first-order chi connectivity index (χ1) is 14.5. The van der Waals surface area contributed by atoms with E-state index in [4.69, 9.17) is 21.1 Å². The fourth-order valence-electron chi connectivity index (χ4n) is 3.19. The molecular weight excluding hydrogens is 400 g/mol. The standard InChI is InChI=1S/C24H25ClN2O3/c1-16(26-20-14-19(25)21(29-2)15-22(20)30-3)24(28)27-23(17-10-6-4-7-11-17)18-12-8-5-9-13-18/h4-16,23,26H,1-3H3,(H,27,28)/t16-/m1/s1. The molecule has 30 heavy (non-hydrogen) atoms.